The molecule has 1 saturated carbocycles. The summed E-state index contributed by atoms with van der Waals surface area (Å²) in [5, 5.41) is 9.99. The molecule has 1 saturated heterocycles. The van der Waals surface area contributed by atoms with Crippen molar-refractivity contribution in [1.82, 2.24) is 4.90 Å². The van der Waals surface area contributed by atoms with Crippen LogP contribution in [-0.2, 0) is 4.79 Å². The summed E-state index contributed by atoms with van der Waals surface area (Å²) in [6.07, 6.45) is 3.79. The Morgan fingerprint density at radius 2 is 1.94 bits per heavy atom. The van der Waals surface area contributed by atoms with Gasteiger partial charge in [0.2, 0.25) is 5.91 Å². The molecule has 0 aromatic heterocycles. The minimum atomic E-state index is -0.644. The Morgan fingerprint density at radius 1 is 1.29 bits per heavy atom. The highest BCUT2D eigenvalue weighted by molar-refractivity contribution is 7.80. The van der Waals surface area contributed by atoms with E-state index in [1.807, 2.05) is 11.8 Å². The second kappa shape index (κ2) is 4.21. The van der Waals surface area contributed by atoms with Gasteiger partial charge < -0.3 is 15.7 Å². The number of nitrogens with zero attached hydrogens (tertiary/aromatic N) is 1. The first-order valence-electron chi connectivity index (χ1n) is 6.19. The molecule has 0 aromatic rings. The summed E-state index contributed by atoms with van der Waals surface area (Å²) >= 11 is 5.00. The van der Waals surface area contributed by atoms with Gasteiger partial charge in [0.15, 0.2) is 0 Å². The van der Waals surface area contributed by atoms with E-state index in [0.717, 1.165) is 25.7 Å². The number of carbonyl (C=O) groups excluding carboxylic acids is 1. The molecular weight excluding hydrogens is 236 g/mol. The number of likely N-dealkylation sites (tertiary alicyclic amines) is 1. The Hall–Kier alpha value is -0.680. The van der Waals surface area contributed by atoms with Crippen molar-refractivity contribution in [2.24, 2.45) is 11.1 Å². The molecule has 1 atom stereocenters. The van der Waals surface area contributed by atoms with Crippen LogP contribution in [-0.4, -0.2) is 39.6 Å². The molecule has 0 bridgehead atoms. The highest BCUT2D eigenvalue weighted by Crippen LogP contribution is 2.47. The molecule has 1 amide bonds. The number of nitrogens with two attached hydrogens (primary N) is 1. The number of hydrogen-bond acceptors (Lipinski definition) is 3. The van der Waals surface area contributed by atoms with Crippen molar-refractivity contribution in [3.8, 4) is 0 Å². The van der Waals surface area contributed by atoms with Gasteiger partial charge in [-0.05, 0) is 39.0 Å². The van der Waals surface area contributed by atoms with Crippen LogP contribution in [0.15, 0.2) is 0 Å². The molecule has 96 valence electrons. The fourth-order valence-electron chi connectivity index (χ4n) is 2.46. The van der Waals surface area contributed by atoms with Crippen LogP contribution in [0.25, 0.3) is 0 Å². The molecule has 2 aliphatic rings. The van der Waals surface area contributed by atoms with Crippen LogP contribution in [0.3, 0.4) is 0 Å². The van der Waals surface area contributed by atoms with Crippen molar-refractivity contribution in [2.45, 2.75) is 44.6 Å². The van der Waals surface area contributed by atoms with Gasteiger partial charge in [0.05, 0.1) is 16.0 Å². The summed E-state index contributed by atoms with van der Waals surface area (Å²) in [6.45, 7) is 3.15. The second-order valence-electron chi connectivity index (χ2n) is 5.59. The van der Waals surface area contributed by atoms with Gasteiger partial charge in [-0.3, -0.25) is 4.79 Å². The van der Waals surface area contributed by atoms with Crippen molar-refractivity contribution >= 4 is 23.1 Å². The third kappa shape index (κ3) is 2.45. The first kappa shape index (κ1) is 12.8. The minimum Gasteiger partial charge on any atom is -0.392 e. The van der Waals surface area contributed by atoms with Gasteiger partial charge in [-0.1, -0.05) is 12.2 Å². The maximum Gasteiger partial charge on any atom is 0.235 e. The SMILES string of the molecule is CC1(O)CCCN(C(=O)C2(C(N)=S)CC2)CC1. The van der Waals surface area contributed by atoms with Gasteiger partial charge in [-0.2, -0.15) is 0 Å². The largest absolute Gasteiger partial charge is 0.392 e. The average molecular weight is 256 g/mol. The van der Waals surface area contributed by atoms with Gasteiger partial charge in [-0.15, -0.1) is 0 Å². The van der Waals surface area contributed by atoms with Gasteiger partial charge in [-0.25, -0.2) is 0 Å². The van der Waals surface area contributed by atoms with Crippen LogP contribution in [0.4, 0.5) is 0 Å². The minimum absolute atomic E-state index is 0.0719. The maximum atomic E-state index is 12.4. The lowest BCUT2D eigenvalue weighted by Crippen LogP contribution is -2.43. The predicted molar refractivity (Wildman–Crippen MR) is 69.5 cm³/mol. The molecule has 0 radical (unpaired) electrons. The summed E-state index contributed by atoms with van der Waals surface area (Å²) in [6, 6.07) is 0. The Balaban J connectivity index is 2.04. The van der Waals surface area contributed by atoms with E-state index in [1.54, 1.807) is 0 Å². The zero-order chi connectivity index (χ0) is 12.7. The Kier molecular flexibility index (Phi) is 3.16. The van der Waals surface area contributed by atoms with Gasteiger partial charge in [0, 0.05) is 13.1 Å². The van der Waals surface area contributed by atoms with Gasteiger partial charge in [0.25, 0.3) is 0 Å². The lowest BCUT2D eigenvalue weighted by molar-refractivity contribution is -0.134. The van der Waals surface area contributed by atoms with Crippen molar-refractivity contribution in [2.75, 3.05) is 13.1 Å². The highest BCUT2D eigenvalue weighted by Gasteiger charge is 2.54. The molecule has 0 aromatic carbocycles. The summed E-state index contributed by atoms with van der Waals surface area (Å²) in [7, 11) is 0. The number of hydrogen-bond donors (Lipinski definition) is 2. The Labute approximate surface area is 107 Å². The first-order valence-corrected chi connectivity index (χ1v) is 6.60. The van der Waals surface area contributed by atoms with E-state index in [9.17, 15) is 9.90 Å². The molecule has 2 fully saturated rings. The fraction of sp³-hybridized carbons (Fsp3) is 0.833. The molecule has 0 spiro atoms. The quantitative estimate of drug-likeness (QED) is 0.718. The van der Waals surface area contributed by atoms with Gasteiger partial charge >= 0.3 is 0 Å². The summed E-state index contributed by atoms with van der Waals surface area (Å²) in [4.78, 5) is 14.5. The Bertz CT molecular complexity index is 350. The molecule has 1 aliphatic carbocycles. The van der Waals surface area contributed by atoms with E-state index in [-0.39, 0.29) is 5.91 Å². The van der Waals surface area contributed by atoms with Crippen molar-refractivity contribution in [3.05, 3.63) is 0 Å². The molecule has 5 heteroatoms. The lowest BCUT2D eigenvalue weighted by Gasteiger charge is -2.26. The van der Waals surface area contributed by atoms with E-state index >= 15 is 0 Å². The van der Waals surface area contributed by atoms with Crippen LogP contribution in [0.5, 0.6) is 0 Å². The Morgan fingerprint density at radius 3 is 2.47 bits per heavy atom. The maximum absolute atomic E-state index is 12.4. The van der Waals surface area contributed by atoms with Crippen LogP contribution >= 0.6 is 12.2 Å². The number of amides is 1. The molecule has 1 aliphatic heterocycles. The van der Waals surface area contributed by atoms with E-state index in [2.05, 4.69) is 0 Å². The first-order chi connectivity index (χ1) is 7.87. The monoisotopic (exact) mass is 256 g/mol. The number of carbonyl (C=O) groups is 1. The molecule has 1 unspecified atom stereocenters. The number of aliphatic hydroxyl groups is 1. The molecule has 1 heterocycles. The summed E-state index contributed by atoms with van der Waals surface area (Å²) in [5.41, 5.74) is 4.47. The van der Waals surface area contributed by atoms with Crippen LogP contribution in [0.2, 0.25) is 0 Å². The molecular formula is C12H20N2O2S. The molecule has 3 N–H and O–H groups in total. The van der Waals surface area contributed by atoms with E-state index < -0.39 is 11.0 Å². The lowest BCUT2D eigenvalue weighted by atomic mass is 9.98. The molecule has 17 heavy (non-hydrogen) atoms. The van der Waals surface area contributed by atoms with Gasteiger partial charge in [0.1, 0.15) is 0 Å². The zero-order valence-electron chi connectivity index (χ0n) is 10.2. The number of thiocarbonyl (C=S) groups is 1. The topological polar surface area (TPSA) is 66.6 Å². The normalized spacial score (nSPS) is 31.8. The zero-order valence-corrected chi connectivity index (χ0v) is 11.1. The fourth-order valence-corrected chi connectivity index (χ4v) is 2.75. The molecule has 4 nitrogen and oxygen atoms in total. The summed E-state index contributed by atoms with van der Waals surface area (Å²) in [5.74, 6) is 0.0719. The standard InChI is InChI=1S/C12H20N2O2S/c1-11(16)3-2-7-14(8-6-11)10(15)12(4-5-12)9(13)17/h16H,2-8H2,1H3,(H2,13,17). The second-order valence-corrected chi connectivity index (χ2v) is 6.03. The number of rotatable bonds is 2. The highest BCUT2D eigenvalue weighted by atomic mass is 32.1. The van der Waals surface area contributed by atoms with Crippen LogP contribution < -0.4 is 5.73 Å². The predicted octanol–water partition coefficient (Wildman–Crippen LogP) is 0.816. The average Bonchev–Trinajstić information content (AvgIpc) is 3.02. The molecule has 2 rings (SSSR count). The third-order valence-corrected chi connectivity index (χ3v) is 4.37. The van der Waals surface area contributed by atoms with Crippen LogP contribution in [0.1, 0.15) is 39.0 Å². The van der Waals surface area contributed by atoms with Crippen molar-refractivity contribution < 1.29 is 9.90 Å². The smallest absolute Gasteiger partial charge is 0.235 e. The van der Waals surface area contributed by atoms with Crippen molar-refractivity contribution in [1.29, 1.82) is 0 Å². The van der Waals surface area contributed by atoms with E-state index in [1.165, 1.54) is 0 Å². The van der Waals surface area contributed by atoms with Crippen LogP contribution in [0, 0.1) is 5.41 Å². The summed E-state index contributed by atoms with van der Waals surface area (Å²) < 4.78 is 0. The van der Waals surface area contributed by atoms with E-state index in [0.29, 0.717) is 24.5 Å². The van der Waals surface area contributed by atoms with E-state index in [4.69, 9.17) is 18.0 Å². The van der Waals surface area contributed by atoms with Crippen molar-refractivity contribution in [3.63, 3.8) is 0 Å². The third-order valence-electron chi connectivity index (χ3n) is 3.98.